The Kier molecular flexibility index (Phi) is 10.4. The Labute approximate surface area is 182 Å². The zero-order chi connectivity index (χ0) is 22.3. The molecule has 0 spiro atoms. The summed E-state index contributed by atoms with van der Waals surface area (Å²) >= 11 is 0. The molecule has 0 bridgehead atoms. The van der Waals surface area contributed by atoms with Crippen LogP contribution in [0.4, 0.5) is 9.59 Å². The number of rotatable bonds is 12. The zero-order valence-corrected chi connectivity index (χ0v) is 17.5. The van der Waals surface area contributed by atoms with Gasteiger partial charge in [-0.25, -0.2) is 9.59 Å². The summed E-state index contributed by atoms with van der Waals surface area (Å²) in [6.07, 6.45) is 2.47. The van der Waals surface area contributed by atoms with E-state index in [-0.39, 0.29) is 26.4 Å². The molecule has 164 valence electrons. The minimum absolute atomic E-state index is 0.105. The van der Waals surface area contributed by atoms with Gasteiger partial charge in [0.15, 0.2) is 0 Å². The Morgan fingerprint density at radius 2 is 1.06 bits per heavy atom. The summed E-state index contributed by atoms with van der Waals surface area (Å²) in [6, 6.07) is 15.3. The van der Waals surface area contributed by atoms with E-state index in [0.717, 1.165) is 22.3 Å². The average molecular weight is 424 g/mol. The molecule has 0 aliphatic carbocycles. The van der Waals surface area contributed by atoms with Crippen LogP contribution in [-0.4, -0.2) is 38.6 Å². The first kappa shape index (κ1) is 23.7. The van der Waals surface area contributed by atoms with Crippen molar-refractivity contribution in [3.8, 4) is 0 Å². The van der Waals surface area contributed by atoms with Crippen LogP contribution < -0.4 is 10.6 Å². The molecule has 0 saturated carbocycles. The maximum Gasteiger partial charge on any atom is 0.407 e. The molecule has 0 atom stereocenters. The summed E-state index contributed by atoms with van der Waals surface area (Å²) in [5.41, 5.74) is 3.96. The Bertz CT molecular complexity index is 776. The van der Waals surface area contributed by atoms with Crippen molar-refractivity contribution in [3.63, 3.8) is 0 Å². The monoisotopic (exact) mass is 424 g/mol. The summed E-state index contributed by atoms with van der Waals surface area (Å²) in [5, 5.41) is 5.32. The van der Waals surface area contributed by atoms with E-state index in [1.165, 1.54) is 0 Å². The standard InChI is InChI=1S/C24H28N2O5/c1-3-19-5-9-21(10-6-19)17-25-23(27)30-15-13-29-14-16-31-24(28)26-18-22-11-7-20(4-2)8-12-22/h3-12H,1-2,13-18H2,(H,25,27)(H,26,28). The minimum Gasteiger partial charge on any atom is -0.447 e. The molecular weight excluding hydrogens is 396 g/mol. The molecule has 31 heavy (non-hydrogen) atoms. The summed E-state index contributed by atoms with van der Waals surface area (Å²) in [4.78, 5) is 23.3. The quantitative estimate of drug-likeness (QED) is 0.500. The van der Waals surface area contributed by atoms with Gasteiger partial charge in [-0.05, 0) is 22.3 Å². The molecule has 0 fully saturated rings. The minimum atomic E-state index is -0.520. The molecule has 2 aromatic carbocycles. The summed E-state index contributed by atoms with van der Waals surface area (Å²) in [7, 11) is 0. The lowest BCUT2D eigenvalue weighted by Crippen LogP contribution is -2.26. The number of carbonyl (C=O) groups excluding carboxylic acids is 2. The second-order valence-corrected chi connectivity index (χ2v) is 6.48. The number of alkyl carbamates (subject to hydrolysis) is 2. The van der Waals surface area contributed by atoms with Gasteiger partial charge < -0.3 is 24.8 Å². The number of carbonyl (C=O) groups is 2. The van der Waals surface area contributed by atoms with Gasteiger partial charge in [0, 0.05) is 13.1 Å². The summed E-state index contributed by atoms with van der Waals surface area (Å²) in [6.45, 7) is 8.77. The first-order valence-electron chi connectivity index (χ1n) is 9.92. The van der Waals surface area contributed by atoms with Crippen molar-refractivity contribution >= 4 is 24.3 Å². The van der Waals surface area contributed by atoms with Crippen LogP contribution in [0.2, 0.25) is 0 Å². The number of benzene rings is 2. The first-order chi connectivity index (χ1) is 15.1. The van der Waals surface area contributed by atoms with Crippen LogP contribution >= 0.6 is 0 Å². The van der Waals surface area contributed by atoms with E-state index in [2.05, 4.69) is 23.8 Å². The number of nitrogens with one attached hydrogen (secondary N) is 2. The second-order valence-electron chi connectivity index (χ2n) is 6.48. The molecule has 0 heterocycles. The molecule has 0 aromatic heterocycles. The SMILES string of the molecule is C=Cc1ccc(CNC(=O)OCCOCCOC(=O)NCc2ccc(C=C)cc2)cc1. The molecule has 0 aliphatic heterocycles. The Hall–Kier alpha value is -3.58. The van der Waals surface area contributed by atoms with E-state index in [4.69, 9.17) is 14.2 Å². The van der Waals surface area contributed by atoms with E-state index in [1.807, 2.05) is 48.5 Å². The van der Waals surface area contributed by atoms with Gasteiger partial charge in [0.2, 0.25) is 0 Å². The Balaban J connectivity index is 1.46. The molecule has 0 aliphatic rings. The van der Waals surface area contributed by atoms with Crippen molar-refractivity contribution in [3.05, 3.63) is 83.9 Å². The summed E-state index contributed by atoms with van der Waals surface area (Å²) in [5.74, 6) is 0. The third-order valence-electron chi connectivity index (χ3n) is 4.23. The Morgan fingerprint density at radius 1 is 0.677 bits per heavy atom. The lowest BCUT2D eigenvalue weighted by Gasteiger charge is -2.09. The molecule has 0 unspecified atom stereocenters. The zero-order valence-electron chi connectivity index (χ0n) is 17.5. The van der Waals surface area contributed by atoms with Crippen molar-refractivity contribution < 1.29 is 23.8 Å². The number of hydrogen-bond donors (Lipinski definition) is 2. The van der Waals surface area contributed by atoms with Crippen molar-refractivity contribution in [1.29, 1.82) is 0 Å². The maximum atomic E-state index is 11.7. The van der Waals surface area contributed by atoms with Gasteiger partial charge in [0.1, 0.15) is 13.2 Å². The molecule has 2 N–H and O–H groups in total. The van der Waals surface area contributed by atoms with E-state index >= 15 is 0 Å². The molecule has 7 nitrogen and oxygen atoms in total. The normalized spacial score (nSPS) is 10.1. The smallest absolute Gasteiger partial charge is 0.407 e. The fourth-order valence-electron chi connectivity index (χ4n) is 2.48. The fraction of sp³-hybridized carbons (Fsp3) is 0.250. The van der Waals surface area contributed by atoms with Crippen LogP contribution in [0.5, 0.6) is 0 Å². The molecule has 2 amide bonds. The first-order valence-corrected chi connectivity index (χ1v) is 9.92. The topological polar surface area (TPSA) is 85.9 Å². The van der Waals surface area contributed by atoms with Crippen LogP contribution in [0.3, 0.4) is 0 Å². The molecule has 0 radical (unpaired) electrons. The third-order valence-corrected chi connectivity index (χ3v) is 4.23. The van der Waals surface area contributed by atoms with Gasteiger partial charge in [-0.15, -0.1) is 0 Å². The highest BCUT2D eigenvalue weighted by Gasteiger charge is 2.04. The lowest BCUT2D eigenvalue weighted by atomic mass is 10.1. The molecule has 2 rings (SSSR count). The van der Waals surface area contributed by atoms with Crippen LogP contribution in [0.15, 0.2) is 61.7 Å². The Morgan fingerprint density at radius 3 is 1.42 bits per heavy atom. The number of hydrogen-bond acceptors (Lipinski definition) is 5. The highest BCUT2D eigenvalue weighted by Crippen LogP contribution is 2.06. The number of ether oxygens (including phenoxy) is 3. The van der Waals surface area contributed by atoms with Crippen LogP contribution in [0.1, 0.15) is 22.3 Å². The third kappa shape index (κ3) is 9.64. The maximum absolute atomic E-state index is 11.7. The van der Waals surface area contributed by atoms with Crippen molar-refractivity contribution in [2.24, 2.45) is 0 Å². The molecular formula is C24H28N2O5. The van der Waals surface area contributed by atoms with Crippen molar-refractivity contribution in [2.45, 2.75) is 13.1 Å². The van der Waals surface area contributed by atoms with Gasteiger partial charge in [-0.2, -0.15) is 0 Å². The average Bonchev–Trinajstić information content (AvgIpc) is 2.81. The highest BCUT2D eigenvalue weighted by atomic mass is 16.6. The lowest BCUT2D eigenvalue weighted by molar-refractivity contribution is 0.0455. The van der Waals surface area contributed by atoms with E-state index in [0.29, 0.717) is 13.1 Å². The molecule has 0 saturated heterocycles. The fourth-order valence-corrected chi connectivity index (χ4v) is 2.48. The van der Waals surface area contributed by atoms with Gasteiger partial charge in [-0.3, -0.25) is 0 Å². The largest absolute Gasteiger partial charge is 0.447 e. The van der Waals surface area contributed by atoms with Gasteiger partial charge in [0.05, 0.1) is 13.2 Å². The predicted octanol–water partition coefficient (Wildman–Crippen LogP) is 4.14. The molecule has 7 heteroatoms. The highest BCUT2D eigenvalue weighted by molar-refractivity contribution is 5.67. The van der Waals surface area contributed by atoms with Gasteiger partial charge in [-0.1, -0.05) is 73.8 Å². The predicted molar refractivity (Wildman–Crippen MR) is 120 cm³/mol. The van der Waals surface area contributed by atoms with Gasteiger partial charge in [0.25, 0.3) is 0 Å². The van der Waals surface area contributed by atoms with Crippen LogP contribution in [0, 0.1) is 0 Å². The summed E-state index contributed by atoms with van der Waals surface area (Å²) < 4.78 is 15.3. The molecule has 2 aromatic rings. The van der Waals surface area contributed by atoms with Crippen molar-refractivity contribution in [1.82, 2.24) is 10.6 Å². The number of amides is 2. The van der Waals surface area contributed by atoms with E-state index in [1.54, 1.807) is 12.2 Å². The van der Waals surface area contributed by atoms with Gasteiger partial charge >= 0.3 is 12.2 Å². The van der Waals surface area contributed by atoms with Crippen LogP contribution in [-0.2, 0) is 27.3 Å². The van der Waals surface area contributed by atoms with E-state index in [9.17, 15) is 9.59 Å². The second kappa shape index (κ2) is 13.6. The van der Waals surface area contributed by atoms with Crippen molar-refractivity contribution in [2.75, 3.05) is 26.4 Å². The van der Waals surface area contributed by atoms with Crippen LogP contribution in [0.25, 0.3) is 12.2 Å². The van der Waals surface area contributed by atoms with E-state index < -0.39 is 12.2 Å².